The molecule has 4 aromatic rings. The number of hydrogen-bond acceptors (Lipinski definition) is 4. The number of benzene rings is 3. The summed E-state index contributed by atoms with van der Waals surface area (Å²) in [7, 11) is 0. The molecular formula is C19H11Cl3N2OS. The van der Waals surface area contributed by atoms with Crippen molar-refractivity contribution in [1.82, 2.24) is 4.98 Å². The molecule has 0 saturated heterocycles. The Labute approximate surface area is 169 Å². The summed E-state index contributed by atoms with van der Waals surface area (Å²) in [5.74, 6) is 0.372. The molecule has 0 aliphatic carbocycles. The summed E-state index contributed by atoms with van der Waals surface area (Å²) in [5, 5.41) is 5.15. The Kier molecular flexibility index (Phi) is 4.92. The van der Waals surface area contributed by atoms with Crippen molar-refractivity contribution in [3.8, 4) is 10.9 Å². The van der Waals surface area contributed by atoms with E-state index in [0.717, 1.165) is 21.6 Å². The molecule has 1 aromatic heterocycles. The molecule has 130 valence electrons. The first kappa shape index (κ1) is 17.4. The van der Waals surface area contributed by atoms with E-state index in [9.17, 15) is 0 Å². The van der Waals surface area contributed by atoms with Gasteiger partial charge in [-0.1, -0.05) is 64.3 Å². The lowest BCUT2D eigenvalue weighted by atomic mass is 10.2. The van der Waals surface area contributed by atoms with Gasteiger partial charge >= 0.3 is 0 Å². The van der Waals surface area contributed by atoms with Crippen LogP contribution in [0.3, 0.4) is 0 Å². The number of thiazole rings is 1. The summed E-state index contributed by atoms with van der Waals surface area (Å²) in [5.41, 5.74) is 2.52. The van der Waals surface area contributed by atoms with E-state index in [4.69, 9.17) is 39.5 Å². The third-order valence-electron chi connectivity index (χ3n) is 3.58. The highest BCUT2D eigenvalue weighted by atomic mass is 35.5. The second-order valence-electron chi connectivity index (χ2n) is 5.45. The zero-order valence-corrected chi connectivity index (χ0v) is 16.3. The highest BCUT2D eigenvalue weighted by Crippen LogP contribution is 2.41. The molecule has 1 N–H and O–H groups in total. The van der Waals surface area contributed by atoms with Crippen LogP contribution in [0.15, 0.2) is 60.7 Å². The predicted octanol–water partition coefficient (Wildman–Crippen LogP) is 7.79. The van der Waals surface area contributed by atoms with Crippen LogP contribution in [0.4, 0.5) is 11.4 Å². The van der Waals surface area contributed by atoms with Crippen LogP contribution < -0.4 is 10.1 Å². The van der Waals surface area contributed by atoms with E-state index in [2.05, 4.69) is 10.3 Å². The number of ether oxygens (including phenoxy) is 1. The van der Waals surface area contributed by atoms with Gasteiger partial charge in [0.25, 0.3) is 5.19 Å². The first-order valence-electron chi connectivity index (χ1n) is 7.63. The second-order valence-corrected chi connectivity index (χ2v) is 7.70. The summed E-state index contributed by atoms with van der Waals surface area (Å²) in [6.45, 7) is 0. The molecule has 0 aliphatic heterocycles. The first-order valence-corrected chi connectivity index (χ1v) is 9.58. The highest BCUT2D eigenvalue weighted by Gasteiger charge is 2.14. The fraction of sp³-hybridized carbons (Fsp3) is 0. The molecule has 1 heterocycles. The van der Waals surface area contributed by atoms with E-state index >= 15 is 0 Å². The van der Waals surface area contributed by atoms with Crippen LogP contribution >= 0.6 is 46.1 Å². The fourth-order valence-corrected chi connectivity index (χ4v) is 4.09. The molecule has 0 unspecified atom stereocenters. The first-order chi connectivity index (χ1) is 12.6. The monoisotopic (exact) mass is 420 g/mol. The maximum atomic E-state index is 6.38. The zero-order valence-electron chi connectivity index (χ0n) is 13.2. The Bertz CT molecular complexity index is 1060. The van der Waals surface area contributed by atoms with Gasteiger partial charge in [0.05, 0.1) is 20.3 Å². The third kappa shape index (κ3) is 3.74. The van der Waals surface area contributed by atoms with Gasteiger partial charge in [-0.05, 0) is 42.5 Å². The van der Waals surface area contributed by atoms with Crippen LogP contribution in [0.5, 0.6) is 10.9 Å². The van der Waals surface area contributed by atoms with Crippen LogP contribution in [0, 0.1) is 0 Å². The number of hydrogen-bond donors (Lipinski definition) is 1. The SMILES string of the molecule is Clc1ccc2nc(Oc3c(Cl)cc(Nc4ccccc4)cc3Cl)sc2c1. The van der Waals surface area contributed by atoms with Crippen LogP contribution in [-0.2, 0) is 0 Å². The van der Waals surface area contributed by atoms with Gasteiger partial charge in [-0.25, -0.2) is 4.98 Å². The third-order valence-corrected chi connectivity index (χ3v) is 5.27. The number of fused-ring (bicyclic) bond motifs is 1. The molecule has 3 aromatic carbocycles. The minimum Gasteiger partial charge on any atom is -0.428 e. The van der Waals surface area contributed by atoms with E-state index in [0.29, 0.717) is 26.0 Å². The van der Waals surface area contributed by atoms with Crippen molar-refractivity contribution in [3.05, 3.63) is 75.7 Å². The molecule has 0 fully saturated rings. The number of anilines is 2. The maximum absolute atomic E-state index is 6.38. The number of para-hydroxylation sites is 1. The summed E-state index contributed by atoms with van der Waals surface area (Å²) >= 11 is 20.2. The normalized spacial score (nSPS) is 10.9. The molecule has 0 saturated carbocycles. The Hall–Kier alpha value is -1.98. The van der Waals surface area contributed by atoms with Crippen LogP contribution in [0.25, 0.3) is 10.2 Å². The van der Waals surface area contributed by atoms with Crippen LogP contribution in [0.1, 0.15) is 0 Å². The van der Waals surface area contributed by atoms with Gasteiger partial charge < -0.3 is 10.1 Å². The van der Waals surface area contributed by atoms with Crippen molar-refractivity contribution in [2.45, 2.75) is 0 Å². The van der Waals surface area contributed by atoms with Gasteiger partial charge in [-0.2, -0.15) is 0 Å². The molecule has 4 rings (SSSR count). The van der Waals surface area contributed by atoms with Gasteiger partial charge in [0.15, 0.2) is 5.75 Å². The number of rotatable bonds is 4. The average Bonchev–Trinajstić information content (AvgIpc) is 3.01. The van der Waals surface area contributed by atoms with E-state index in [1.807, 2.05) is 42.5 Å². The number of aromatic nitrogens is 1. The van der Waals surface area contributed by atoms with Gasteiger partial charge in [0.1, 0.15) is 0 Å². The van der Waals surface area contributed by atoms with Crippen molar-refractivity contribution in [1.29, 1.82) is 0 Å². The molecule has 7 heteroatoms. The molecule has 26 heavy (non-hydrogen) atoms. The molecule has 0 radical (unpaired) electrons. The van der Waals surface area contributed by atoms with E-state index < -0.39 is 0 Å². The average molecular weight is 422 g/mol. The van der Waals surface area contributed by atoms with Crippen molar-refractivity contribution >= 4 is 67.7 Å². The minimum atomic E-state index is 0.372. The summed E-state index contributed by atoms with van der Waals surface area (Å²) in [4.78, 5) is 4.43. The highest BCUT2D eigenvalue weighted by molar-refractivity contribution is 7.20. The predicted molar refractivity (Wildman–Crippen MR) is 111 cm³/mol. The van der Waals surface area contributed by atoms with Gasteiger partial charge in [-0.15, -0.1) is 0 Å². The summed E-state index contributed by atoms with van der Waals surface area (Å²) < 4.78 is 6.78. The molecule has 0 aliphatic rings. The van der Waals surface area contributed by atoms with E-state index in [-0.39, 0.29) is 0 Å². The molecule has 3 nitrogen and oxygen atoms in total. The summed E-state index contributed by atoms with van der Waals surface area (Å²) in [6, 6.07) is 18.8. The van der Waals surface area contributed by atoms with Crippen molar-refractivity contribution in [3.63, 3.8) is 0 Å². The Morgan fingerprint density at radius 3 is 2.31 bits per heavy atom. The standard InChI is InChI=1S/C19H11Cl3N2OS/c20-11-6-7-16-17(8-11)26-19(24-16)25-18-14(21)9-13(10-15(18)22)23-12-4-2-1-3-5-12/h1-10,23H. The topological polar surface area (TPSA) is 34.1 Å². The zero-order chi connectivity index (χ0) is 18.1. The largest absolute Gasteiger partial charge is 0.428 e. The number of halogens is 3. The van der Waals surface area contributed by atoms with Gasteiger partial charge in [0, 0.05) is 16.4 Å². The molecule has 0 amide bonds. The Morgan fingerprint density at radius 2 is 1.58 bits per heavy atom. The van der Waals surface area contributed by atoms with E-state index in [1.165, 1.54) is 11.3 Å². The van der Waals surface area contributed by atoms with Crippen LogP contribution in [-0.4, -0.2) is 4.98 Å². The lowest BCUT2D eigenvalue weighted by Gasteiger charge is -2.11. The lowest BCUT2D eigenvalue weighted by molar-refractivity contribution is 0.481. The van der Waals surface area contributed by atoms with Gasteiger partial charge in [0.2, 0.25) is 0 Å². The molecule has 0 atom stereocenters. The maximum Gasteiger partial charge on any atom is 0.279 e. The van der Waals surface area contributed by atoms with Crippen molar-refractivity contribution in [2.75, 3.05) is 5.32 Å². The summed E-state index contributed by atoms with van der Waals surface area (Å²) in [6.07, 6.45) is 0. The molecule has 0 bridgehead atoms. The molecule has 0 spiro atoms. The smallest absolute Gasteiger partial charge is 0.279 e. The number of nitrogens with one attached hydrogen (secondary N) is 1. The van der Waals surface area contributed by atoms with Gasteiger partial charge in [-0.3, -0.25) is 0 Å². The van der Waals surface area contributed by atoms with Crippen molar-refractivity contribution in [2.24, 2.45) is 0 Å². The number of nitrogens with zero attached hydrogens (tertiary/aromatic N) is 1. The van der Waals surface area contributed by atoms with Crippen LogP contribution in [0.2, 0.25) is 15.1 Å². The quantitative estimate of drug-likeness (QED) is 0.365. The Balaban J connectivity index is 1.61. The van der Waals surface area contributed by atoms with Crippen molar-refractivity contribution < 1.29 is 4.74 Å². The Morgan fingerprint density at radius 1 is 0.846 bits per heavy atom. The molecular weight excluding hydrogens is 411 g/mol. The minimum absolute atomic E-state index is 0.372. The second kappa shape index (κ2) is 7.33. The lowest BCUT2D eigenvalue weighted by Crippen LogP contribution is -1.92. The van der Waals surface area contributed by atoms with E-state index in [1.54, 1.807) is 18.2 Å². The fourth-order valence-electron chi connectivity index (χ4n) is 2.43.